The van der Waals surface area contributed by atoms with Crippen molar-refractivity contribution in [2.75, 3.05) is 0 Å². The van der Waals surface area contributed by atoms with E-state index in [4.69, 9.17) is 0 Å². The Labute approximate surface area is 335 Å². The average Bonchev–Trinajstić information content (AvgIpc) is 3.30. The normalized spacial score (nSPS) is 12.1. The summed E-state index contributed by atoms with van der Waals surface area (Å²) in [5, 5.41) is 23.3. The highest BCUT2D eigenvalue weighted by atomic mass is 14.2. The van der Waals surface area contributed by atoms with Crippen LogP contribution in [0.25, 0.3) is 130 Å². The smallest absolute Gasteiger partial charge is 0.00199 e. The highest BCUT2D eigenvalue weighted by Gasteiger charge is 2.20. The molecular weight excluding hydrogens is 697 g/mol. The molecule has 0 aliphatic heterocycles. The van der Waals surface area contributed by atoms with Crippen LogP contribution in [0.2, 0.25) is 0 Å². The average molecular weight is 731 g/mol. The molecule has 0 saturated heterocycles. The van der Waals surface area contributed by atoms with Crippen molar-refractivity contribution in [3.63, 3.8) is 0 Å². The summed E-state index contributed by atoms with van der Waals surface area (Å²) in [7, 11) is 0. The number of fused-ring (bicyclic) bond motifs is 10. The van der Waals surface area contributed by atoms with Crippen molar-refractivity contribution in [2.24, 2.45) is 0 Å². The van der Waals surface area contributed by atoms with Crippen LogP contribution in [0.1, 0.15) is 0 Å². The maximum absolute atomic E-state index is 2.44. The molecule has 0 spiro atoms. The van der Waals surface area contributed by atoms with E-state index < -0.39 is 0 Å². The summed E-state index contributed by atoms with van der Waals surface area (Å²) in [6.07, 6.45) is 0. The summed E-state index contributed by atoms with van der Waals surface area (Å²) in [6, 6.07) is 77.1. The van der Waals surface area contributed by atoms with Crippen molar-refractivity contribution < 1.29 is 0 Å². The van der Waals surface area contributed by atoms with Crippen LogP contribution in [0.3, 0.4) is 0 Å². The van der Waals surface area contributed by atoms with Crippen LogP contribution < -0.4 is 0 Å². The van der Waals surface area contributed by atoms with E-state index in [-0.39, 0.29) is 0 Å². The second-order valence-electron chi connectivity index (χ2n) is 15.9. The molecule has 0 aliphatic rings. The zero-order valence-corrected chi connectivity index (χ0v) is 31.6. The minimum absolute atomic E-state index is 1.22. The number of rotatable bonds is 3. The highest BCUT2D eigenvalue weighted by Crippen LogP contribution is 2.48. The quantitative estimate of drug-likeness (QED) is 0.125. The van der Waals surface area contributed by atoms with E-state index in [1.807, 2.05) is 0 Å². The first-order valence-corrected chi connectivity index (χ1v) is 20.3. The fourth-order valence-electron chi connectivity index (χ4n) is 10.5. The SMILES string of the molecule is c1cc2ccc3ccc(-c4c5ccccc5c(-c5ccc(-c6cc7c8ccccc8c8ccccc8c7c7ccccc67)cc5)c5ccccc45)c4ccc(c1)c2c34. The van der Waals surface area contributed by atoms with Gasteiger partial charge in [0.2, 0.25) is 0 Å². The molecule has 0 unspecified atom stereocenters. The molecule has 13 aromatic rings. The van der Waals surface area contributed by atoms with Crippen molar-refractivity contribution in [2.45, 2.75) is 0 Å². The molecule has 0 saturated carbocycles. The van der Waals surface area contributed by atoms with Crippen LogP contribution >= 0.6 is 0 Å². The third-order valence-electron chi connectivity index (χ3n) is 13.0. The Bertz CT molecular complexity index is 3760. The van der Waals surface area contributed by atoms with Crippen LogP contribution in [0.4, 0.5) is 0 Å². The molecule has 0 heteroatoms. The van der Waals surface area contributed by atoms with Gasteiger partial charge in [-0.25, -0.2) is 0 Å². The second kappa shape index (κ2) is 12.0. The summed E-state index contributed by atoms with van der Waals surface area (Å²) in [5.41, 5.74) is 7.56. The Morgan fingerprint density at radius 3 is 1.24 bits per heavy atom. The van der Waals surface area contributed by atoms with Gasteiger partial charge in [-0.2, -0.15) is 0 Å². The van der Waals surface area contributed by atoms with Gasteiger partial charge in [0.1, 0.15) is 0 Å². The van der Waals surface area contributed by atoms with Gasteiger partial charge in [0.25, 0.3) is 0 Å². The van der Waals surface area contributed by atoms with Gasteiger partial charge < -0.3 is 0 Å². The first-order valence-electron chi connectivity index (χ1n) is 20.3. The van der Waals surface area contributed by atoms with Gasteiger partial charge in [-0.15, -0.1) is 0 Å². The van der Waals surface area contributed by atoms with Crippen LogP contribution in [0.5, 0.6) is 0 Å². The molecule has 0 aliphatic carbocycles. The Hall–Kier alpha value is -7.54. The molecule has 0 amide bonds. The largest absolute Gasteiger partial charge is 0.0616 e. The maximum Gasteiger partial charge on any atom is -0.00199 e. The van der Waals surface area contributed by atoms with Crippen LogP contribution in [-0.4, -0.2) is 0 Å². The molecule has 0 radical (unpaired) electrons. The van der Waals surface area contributed by atoms with Gasteiger partial charge in [-0.3, -0.25) is 0 Å². The van der Waals surface area contributed by atoms with E-state index in [1.54, 1.807) is 0 Å². The third kappa shape index (κ3) is 4.35. The first-order chi connectivity index (χ1) is 28.8. The van der Waals surface area contributed by atoms with Crippen molar-refractivity contribution >= 4 is 97.0 Å². The molecule has 13 rings (SSSR count). The van der Waals surface area contributed by atoms with Crippen molar-refractivity contribution in [1.82, 2.24) is 0 Å². The van der Waals surface area contributed by atoms with Gasteiger partial charge in [0, 0.05) is 0 Å². The summed E-state index contributed by atoms with van der Waals surface area (Å²) in [5.74, 6) is 0. The first kappa shape index (κ1) is 31.6. The molecular formula is C58H34. The maximum atomic E-state index is 2.44. The van der Waals surface area contributed by atoms with Gasteiger partial charge in [-0.1, -0.05) is 200 Å². The van der Waals surface area contributed by atoms with E-state index in [2.05, 4.69) is 206 Å². The molecule has 58 heavy (non-hydrogen) atoms. The molecule has 0 fully saturated rings. The van der Waals surface area contributed by atoms with Crippen LogP contribution in [-0.2, 0) is 0 Å². The van der Waals surface area contributed by atoms with E-state index in [0.717, 1.165) is 0 Å². The number of hydrogen-bond donors (Lipinski definition) is 0. The highest BCUT2D eigenvalue weighted by molar-refractivity contribution is 6.33. The van der Waals surface area contributed by atoms with Crippen molar-refractivity contribution in [3.8, 4) is 33.4 Å². The summed E-state index contributed by atoms with van der Waals surface area (Å²) in [4.78, 5) is 0. The topological polar surface area (TPSA) is 0 Å². The predicted molar refractivity (Wildman–Crippen MR) is 251 cm³/mol. The van der Waals surface area contributed by atoms with E-state index in [1.165, 1.54) is 130 Å². The Morgan fingerprint density at radius 2 is 0.621 bits per heavy atom. The Balaban J connectivity index is 1.04. The van der Waals surface area contributed by atoms with E-state index in [0.29, 0.717) is 0 Å². The zero-order chi connectivity index (χ0) is 37.9. The molecule has 0 bridgehead atoms. The molecule has 13 aromatic carbocycles. The van der Waals surface area contributed by atoms with Gasteiger partial charge >= 0.3 is 0 Å². The standard InChI is InChI=1S/C58H34/c1-2-16-42-40(14-1)41-15-3-5-18-44(41)58-45-19-6-4-17-43(45)52(34-53(42)58)35-24-26-38(27-25-35)55-46-20-7-9-22-48(46)57(49-23-10-8-21-47(49)55)51-33-31-39-29-28-36-12-11-13-37-30-32-50(51)56(39)54(36)37/h1-34H. The minimum atomic E-state index is 1.22. The number of hydrogen-bond acceptors (Lipinski definition) is 0. The van der Waals surface area contributed by atoms with Gasteiger partial charge in [0.15, 0.2) is 0 Å². The van der Waals surface area contributed by atoms with Crippen molar-refractivity contribution in [1.29, 1.82) is 0 Å². The van der Waals surface area contributed by atoms with Crippen molar-refractivity contribution in [3.05, 3.63) is 206 Å². The zero-order valence-electron chi connectivity index (χ0n) is 31.6. The van der Waals surface area contributed by atoms with Gasteiger partial charge in [-0.05, 0) is 136 Å². The fraction of sp³-hybridized carbons (Fsp3) is 0. The van der Waals surface area contributed by atoms with E-state index >= 15 is 0 Å². The second-order valence-corrected chi connectivity index (χ2v) is 15.9. The molecule has 0 heterocycles. The lowest BCUT2D eigenvalue weighted by Crippen LogP contribution is -1.93. The molecule has 0 aromatic heterocycles. The molecule has 266 valence electrons. The Morgan fingerprint density at radius 1 is 0.190 bits per heavy atom. The summed E-state index contributed by atoms with van der Waals surface area (Å²) < 4.78 is 0. The van der Waals surface area contributed by atoms with Gasteiger partial charge in [0.05, 0.1) is 0 Å². The molecule has 0 atom stereocenters. The molecule has 0 N–H and O–H groups in total. The lowest BCUT2D eigenvalue weighted by Gasteiger charge is -2.20. The lowest BCUT2D eigenvalue weighted by molar-refractivity contribution is 1.65. The molecule has 0 nitrogen and oxygen atoms in total. The summed E-state index contributed by atoms with van der Waals surface area (Å²) in [6.45, 7) is 0. The van der Waals surface area contributed by atoms with E-state index in [9.17, 15) is 0 Å². The minimum Gasteiger partial charge on any atom is -0.0616 e. The van der Waals surface area contributed by atoms with Crippen LogP contribution in [0.15, 0.2) is 206 Å². The fourth-order valence-corrected chi connectivity index (χ4v) is 10.5. The summed E-state index contributed by atoms with van der Waals surface area (Å²) >= 11 is 0. The predicted octanol–water partition coefficient (Wildman–Crippen LogP) is 16.5. The Kier molecular flexibility index (Phi) is 6.54. The number of benzene rings is 13. The third-order valence-corrected chi connectivity index (χ3v) is 13.0. The lowest BCUT2D eigenvalue weighted by atomic mass is 9.83. The monoisotopic (exact) mass is 730 g/mol. The van der Waals surface area contributed by atoms with Crippen LogP contribution in [0, 0.1) is 0 Å².